The van der Waals surface area contributed by atoms with Crippen molar-refractivity contribution >= 4 is 11.4 Å². The first-order chi connectivity index (χ1) is 5.86. The highest BCUT2D eigenvalue weighted by molar-refractivity contribution is 5.55. The van der Waals surface area contributed by atoms with E-state index in [0.29, 0.717) is 0 Å². The van der Waals surface area contributed by atoms with E-state index >= 15 is 0 Å². The largest absolute Gasteiger partial charge is 0.322 e. The Kier molecular flexibility index (Phi) is 3.37. The molecule has 0 aliphatic rings. The average Bonchev–Trinajstić information content (AvgIpc) is 2.06. The highest BCUT2D eigenvalue weighted by Crippen LogP contribution is 2.12. The lowest BCUT2D eigenvalue weighted by Crippen LogP contribution is -2.17. The third kappa shape index (κ3) is 2.41. The van der Waals surface area contributed by atoms with Crippen molar-refractivity contribution in [3.63, 3.8) is 0 Å². The maximum Gasteiger partial charge on any atom is 0.0514 e. The molecule has 0 unspecified atom stereocenters. The van der Waals surface area contributed by atoms with Crippen LogP contribution < -0.4 is 21.7 Å². The zero-order chi connectivity index (χ0) is 8.81. The van der Waals surface area contributed by atoms with Crippen molar-refractivity contribution < 1.29 is 0 Å². The van der Waals surface area contributed by atoms with Crippen LogP contribution in [0.25, 0.3) is 0 Å². The SMILES string of the molecule is CNNc1c[c]cc(NNC)c1. The molecule has 1 aromatic carbocycles. The van der Waals surface area contributed by atoms with Crippen molar-refractivity contribution in [2.45, 2.75) is 0 Å². The van der Waals surface area contributed by atoms with E-state index in [1.54, 1.807) is 0 Å². The van der Waals surface area contributed by atoms with Crippen molar-refractivity contribution in [3.8, 4) is 0 Å². The molecule has 4 N–H and O–H groups in total. The van der Waals surface area contributed by atoms with Crippen LogP contribution in [0.3, 0.4) is 0 Å². The normalized spacial score (nSPS) is 9.50. The standard InChI is InChI=1S/C8H13N4/c1-9-11-7-4-3-5-8(6-7)12-10-2/h4-6,9-12H,1-2H3. The van der Waals surface area contributed by atoms with Crippen LogP contribution in [0.5, 0.6) is 0 Å². The topological polar surface area (TPSA) is 48.1 Å². The molecule has 0 bridgehead atoms. The Balaban J connectivity index is 2.67. The summed E-state index contributed by atoms with van der Waals surface area (Å²) in [4.78, 5) is 0. The Morgan fingerprint density at radius 3 is 1.92 bits per heavy atom. The van der Waals surface area contributed by atoms with E-state index < -0.39 is 0 Å². The second-order valence-electron chi connectivity index (χ2n) is 2.26. The molecule has 0 atom stereocenters. The Morgan fingerprint density at radius 1 is 1.00 bits per heavy atom. The Morgan fingerprint density at radius 2 is 1.50 bits per heavy atom. The van der Waals surface area contributed by atoms with Gasteiger partial charge in [0.15, 0.2) is 0 Å². The summed E-state index contributed by atoms with van der Waals surface area (Å²) in [5, 5.41) is 0. The van der Waals surface area contributed by atoms with Gasteiger partial charge in [-0.05, 0) is 24.3 Å². The predicted octanol–water partition coefficient (Wildman–Crippen LogP) is 0.579. The van der Waals surface area contributed by atoms with Gasteiger partial charge in [-0.2, -0.15) is 0 Å². The number of rotatable bonds is 4. The molecule has 1 rings (SSSR count). The molecule has 4 heteroatoms. The molecule has 0 amide bonds. The molecule has 0 heterocycles. The monoisotopic (exact) mass is 165 g/mol. The molecule has 0 aliphatic heterocycles. The van der Waals surface area contributed by atoms with Crippen LogP contribution in [-0.2, 0) is 0 Å². The zero-order valence-electron chi connectivity index (χ0n) is 7.23. The third-order valence-corrected chi connectivity index (χ3v) is 1.33. The van der Waals surface area contributed by atoms with Crippen LogP contribution >= 0.6 is 0 Å². The molecule has 65 valence electrons. The summed E-state index contributed by atoms with van der Waals surface area (Å²) in [7, 11) is 3.64. The number of benzene rings is 1. The maximum absolute atomic E-state index is 2.99. The van der Waals surface area contributed by atoms with Gasteiger partial charge >= 0.3 is 0 Å². The van der Waals surface area contributed by atoms with E-state index in [0.717, 1.165) is 11.4 Å². The van der Waals surface area contributed by atoms with Crippen molar-refractivity contribution in [1.29, 1.82) is 0 Å². The number of anilines is 2. The van der Waals surface area contributed by atoms with Crippen LogP contribution in [0, 0.1) is 6.07 Å². The van der Waals surface area contributed by atoms with E-state index in [-0.39, 0.29) is 0 Å². The van der Waals surface area contributed by atoms with Crippen LogP contribution in [0.1, 0.15) is 0 Å². The second-order valence-corrected chi connectivity index (χ2v) is 2.26. The van der Waals surface area contributed by atoms with Gasteiger partial charge in [0.2, 0.25) is 0 Å². The summed E-state index contributed by atoms with van der Waals surface area (Å²) >= 11 is 0. The van der Waals surface area contributed by atoms with Crippen molar-refractivity contribution in [2.75, 3.05) is 24.9 Å². The maximum atomic E-state index is 2.99. The molecule has 4 nitrogen and oxygen atoms in total. The molecule has 0 aromatic heterocycles. The summed E-state index contributed by atoms with van der Waals surface area (Å²) in [5.74, 6) is 0. The first-order valence-electron chi connectivity index (χ1n) is 3.73. The van der Waals surface area contributed by atoms with Crippen LogP contribution in [0.2, 0.25) is 0 Å². The van der Waals surface area contributed by atoms with E-state index in [1.807, 2.05) is 32.3 Å². The quantitative estimate of drug-likeness (QED) is 0.493. The van der Waals surface area contributed by atoms with Crippen molar-refractivity contribution in [2.24, 2.45) is 0 Å². The second kappa shape index (κ2) is 4.58. The van der Waals surface area contributed by atoms with E-state index in [9.17, 15) is 0 Å². The van der Waals surface area contributed by atoms with E-state index in [1.165, 1.54) is 0 Å². The van der Waals surface area contributed by atoms with Gasteiger partial charge in [0, 0.05) is 14.1 Å². The number of hydrogen-bond acceptors (Lipinski definition) is 4. The van der Waals surface area contributed by atoms with Crippen LogP contribution in [0.4, 0.5) is 11.4 Å². The van der Waals surface area contributed by atoms with Crippen molar-refractivity contribution in [3.05, 3.63) is 24.3 Å². The van der Waals surface area contributed by atoms with E-state index in [4.69, 9.17) is 0 Å². The summed E-state index contributed by atoms with van der Waals surface area (Å²) in [5.41, 5.74) is 13.5. The van der Waals surface area contributed by atoms with Gasteiger partial charge in [-0.3, -0.25) is 0 Å². The minimum Gasteiger partial charge on any atom is -0.322 e. The van der Waals surface area contributed by atoms with Gasteiger partial charge in [0.25, 0.3) is 0 Å². The van der Waals surface area contributed by atoms with E-state index in [2.05, 4.69) is 27.8 Å². The number of hydrazine groups is 2. The minimum absolute atomic E-state index is 0.970. The van der Waals surface area contributed by atoms with Crippen LogP contribution in [-0.4, -0.2) is 14.1 Å². The van der Waals surface area contributed by atoms with Gasteiger partial charge < -0.3 is 10.9 Å². The lowest BCUT2D eigenvalue weighted by Gasteiger charge is -2.07. The van der Waals surface area contributed by atoms with Gasteiger partial charge in [0.1, 0.15) is 0 Å². The molecular formula is C8H13N4. The smallest absolute Gasteiger partial charge is 0.0514 e. The van der Waals surface area contributed by atoms with Crippen molar-refractivity contribution in [1.82, 2.24) is 10.9 Å². The molecule has 12 heavy (non-hydrogen) atoms. The molecule has 1 radical (unpaired) electrons. The molecule has 0 fully saturated rings. The first-order valence-corrected chi connectivity index (χ1v) is 3.73. The number of hydrogen-bond donors (Lipinski definition) is 4. The zero-order valence-corrected chi connectivity index (χ0v) is 7.23. The fourth-order valence-corrected chi connectivity index (χ4v) is 0.905. The minimum atomic E-state index is 0.970. The molecule has 0 spiro atoms. The lowest BCUT2D eigenvalue weighted by molar-refractivity contribution is 0.973. The predicted molar refractivity (Wildman–Crippen MR) is 50.6 cm³/mol. The van der Waals surface area contributed by atoms with Gasteiger partial charge in [0.05, 0.1) is 11.4 Å². The van der Waals surface area contributed by atoms with Gasteiger partial charge in [-0.15, -0.1) is 0 Å². The third-order valence-electron chi connectivity index (χ3n) is 1.33. The summed E-state index contributed by atoms with van der Waals surface area (Å²) in [6, 6.07) is 8.67. The fraction of sp³-hybridized carbons (Fsp3) is 0.250. The molecule has 0 saturated carbocycles. The van der Waals surface area contributed by atoms with Gasteiger partial charge in [-0.1, -0.05) is 0 Å². The molecule has 0 aliphatic carbocycles. The Labute approximate surface area is 72.3 Å². The molecular weight excluding hydrogens is 152 g/mol. The lowest BCUT2D eigenvalue weighted by atomic mass is 10.3. The summed E-state index contributed by atoms with van der Waals surface area (Å²) < 4.78 is 0. The number of nitrogens with one attached hydrogen (secondary N) is 4. The Hall–Kier alpha value is -1.26. The van der Waals surface area contributed by atoms with Crippen LogP contribution in [0.15, 0.2) is 18.2 Å². The highest BCUT2D eigenvalue weighted by atomic mass is 15.3. The fourth-order valence-electron chi connectivity index (χ4n) is 0.905. The average molecular weight is 165 g/mol. The molecule has 1 aromatic rings. The summed E-state index contributed by atoms with van der Waals surface area (Å²) in [6.45, 7) is 0. The molecule has 0 saturated heterocycles. The highest BCUT2D eigenvalue weighted by Gasteiger charge is 1.91. The Bertz CT molecular complexity index is 215. The van der Waals surface area contributed by atoms with Gasteiger partial charge in [-0.25, -0.2) is 10.9 Å². The summed E-state index contributed by atoms with van der Waals surface area (Å²) in [6.07, 6.45) is 0. The first kappa shape index (κ1) is 8.83.